The molecule has 2 aromatic rings. The fraction of sp³-hybridized carbons (Fsp3) is 0.267. The van der Waals surface area contributed by atoms with Crippen molar-refractivity contribution in [3.8, 4) is 0 Å². The Morgan fingerprint density at radius 1 is 1.30 bits per heavy atom. The zero-order chi connectivity index (χ0) is 14.8. The first-order valence-corrected chi connectivity index (χ1v) is 6.23. The van der Waals surface area contributed by atoms with Gasteiger partial charge in [-0.05, 0) is 39.0 Å². The van der Waals surface area contributed by atoms with Gasteiger partial charge in [-0.1, -0.05) is 6.07 Å². The Balaban J connectivity index is 2.36. The van der Waals surface area contributed by atoms with Crippen LogP contribution in [0.3, 0.4) is 0 Å². The Labute approximate surface area is 117 Å². The molecular formula is C15H16N2O3. The second-order valence-electron chi connectivity index (χ2n) is 5.35. The van der Waals surface area contributed by atoms with Crippen molar-refractivity contribution in [2.75, 3.05) is 5.32 Å². The van der Waals surface area contributed by atoms with Crippen LogP contribution in [0.15, 0.2) is 30.5 Å². The van der Waals surface area contributed by atoms with Crippen LogP contribution in [0.2, 0.25) is 0 Å². The number of carbonyl (C=O) groups excluding carboxylic acids is 2. The molecular weight excluding hydrogens is 256 g/mol. The van der Waals surface area contributed by atoms with Gasteiger partial charge in [0.25, 0.3) is 0 Å². The SMILES string of the molecule is CC(C)(C)OC(=O)Nc1ccc(C=O)c2cccnc12. The molecule has 1 N–H and O–H groups in total. The summed E-state index contributed by atoms with van der Waals surface area (Å²) in [4.78, 5) is 27.0. The topological polar surface area (TPSA) is 68.3 Å². The minimum atomic E-state index is -0.573. The lowest BCUT2D eigenvalue weighted by Crippen LogP contribution is -2.27. The number of nitrogens with one attached hydrogen (secondary N) is 1. The third-order valence-corrected chi connectivity index (χ3v) is 2.57. The molecule has 0 unspecified atom stereocenters. The quantitative estimate of drug-likeness (QED) is 0.851. The van der Waals surface area contributed by atoms with Gasteiger partial charge in [0, 0.05) is 17.1 Å². The van der Waals surface area contributed by atoms with E-state index in [4.69, 9.17) is 4.74 Å². The number of hydrogen-bond acceptors (Lipinski definition) is 4. The minimum Gasteiger partial charge on any atom is -0.444 e. The molecule has 1 amide bonds. The van der Waals surface area contributed by atoms with E-state index in [0.29, 0.717) is 22.2 Å². The predicted molar refractivity (Wildman–Crippen MR) is 77.0 cm³/mol. The summed E-state index contributed by atoms with van der Waals surface area (Å²) in [5.74, 6) is 0. The Kier molecular flexibility index (Phi) is 3.70. The van der Waals surface area contributed by atoms with Crippen molar-refractivity contribution < 1.29 is 14.3 Å². The summed E-state index contributed by atoms with van der Waals surface area (Å²) in [6, 6.07) is 6.81. The Hall–Kier alpha value is -2.43. The van der Waals surface area contributed by atoms with E-state index < -0.39 is 11.7 Å². The summed E-state index contributed by atoms with van der Waals surface area (Å²) >= 11 is 0. The van der Waals surface area contributed by atoms with Crippen molar-refractivity contribution in [1.82, 2.24) is 4.98 Å². The molecule has 2 rings (SSSR count). The number of rotatable bonds is 2. The lowest BCUT2D eigenvalue weighted by Gasteiger charge is -2.20. The Morgan fingerprint density at radius 2 is 2.05 bits per heavy atom. The van der Waals surface area contributed by atoms with Gasteiger partial charge >= 0.3 is 6.09 Å². The molecule has 0 fully saturated rings. The maximum absolute atomic E-state index is 11.8. The van der Waals surface area contributed by atoms with Gasteiger partial charge in [-0.2, -0.15) is 0 Å². The summed E-state index contributed by atoms with van der Waals surface area (Å²) in [6.45, 7) is 5.37. The third kappa shape index (κ3) is 3.12. The zero-order valence-corrected chi connectivity index (χ0v) is 11.6. The van der Waals surface area contributed by atoms with Crippen LogP contribution in [0.5, 0.6) is 0 Å². The smallest absolute Gasteiger partial charge is 0.412 e. The molecule has 0 saturated heterocycles. The van der Waals surface area contributed by atoms with Crippen LogP contribution >= 0.6 is 0 Å². The second-order valence-corrected chi connectivity index (χ2v) is 5.35. The molecule has 20 heavy (non-hydrogen) atoms. The van der Waals surface area contributed by atoms with Crippen LogP contribution in [0.4, 0.5) is 10.5 Å². The normalized spacial score (nSPS) is 11.2. The van der Waals surface area contributed by atoms with E-state index in [2.05, 4.69) is 10.3 Å². The highest BCUT2D eigenvalue weighted by Gasteiger charge is 2.17. The number of aldehydes is 1. The molecule has 5 nitrogen and oxygen atoms in total. The number of benzene rings is 1. The maximum Gasteiger partial charge on any atom is 0.412 e. The highest BCUT2D eigenvalue weighted by Crippen LogP contribution is 2.24. The fourth-order valence-electron chi connectivity index (χ4n) is 1.81. The Bertz CT molecular complexity index is 660. The number of hydrogen-bond donors (Lipinski definition) is 1. The van der Waals surface area contributed by atoms with Gasteiger partial charge in [0.1, 0.15) is 5.60 Å². The first-order valence-electron chi connectivity index (χ1n) is 6.23. The molecule has 1 aromatic carbocycles. The molecule has 0 aliphatic rings. The first-order chi connectivity index (χ1) is 9.40. The average molecular weight is 272 g/mol. The van der Waals surface area contributed by atoms with Crippen molar-refractivity contribution in [3.05, 3.63) is 36.0 Å². The van der Waals surface area contributed by atoms with Crippen LogP contribution < -0.4 is 5.32 Å². The van der Waals surface area contributed by atoms with E-state index in [1.807, 2.05) is 0 Å². The third-order valence-electron chi connectivity index (χ3n) is 2.57. The van der Waals surface area contributed by atoms with E-state index in [1.54, 1.807) is 51.2 Å². The number of carbonyl (C=O) groups is 2. The lowest BCUT2D eigenvalue weighted by molar-refractivity contribution is 0.0636. The monoisotopic (exact) mass is 272 g/mol. The van der Waals surface area contributed by atoms with Crippen molar-refractivity contribution >= 4 is 29.0 Å². The van der Waals surface area contributed by atoms with Crippen LogP contribution in [0.1, 0.15) is 31.1 Å². The summed E-state index contributed by atoms with van der Waals surface area (Å²) in [7, 11) is 0. The van der Waals surface area contributed by atoms with Gasteiger partial charge in [0.2, 0.25) is 0 Å². The second kappa shape index (κ2) is 5.28. The van der Waals surface area contributed by atoms with Crippen molar-refractivity contribution in [2.45, 2.75) is 26.4 Å². The number of aromatic nitrogens is 1. The van der Waals surface area contributed by atoms with Gasteiger partial charge in [-0.25, -0.2) is 4.79 Å². The average Bonchev–Trinajstić information content (AvgIpc) is 2.37. The molecule has 5 heteroatoms. The highest BCUT2D eigenvalue weighted by molar-refractivity contribution is 6.04. The fourth-order valence-corrected chi connectivity index (χ4v) is 1.81. The molecule has 0 spiro atoms. The summed E-state index contributed by atoms with van der Waals surface area (Å²) < 4.78 is 5.20. The van der Waals surface area contributed by atoms with Crippen LogP contribution in [-0.4, -0.2) is 23.0 Å². The molecule has 104 valence electrons. The van der Waals surface area contributed by atoms with Crippen LogP contribution in [-0.2, 0) is 4.74 Å². The minimum absolute atomic E-state index is 0.514. The van der Waals surface area contributed by atoms with Gasteiger partial charge in [0.15, 0.2) is 6.29 Å². The maximum atomic E-state index is 11.8. The molecule has 1 aromatic heterocycles. The highest BCUT2D eigenvalue weighted by atomic mass is 16.6. The molecule has 1 heterocycles. The van der Waals surface area contributed by atoms with Gasteiger partial charge in [-0.15, -0.1) is 0 Å². The van der Waals surface area contributed by atoms with E-state index in [1.165, 1.54) is 0 Å². The molecule has 0 bridgehead atoms. The van der Waals surface area contributed by atoms with E-state index in [9.17, 15) is 9.59 Å². The Morgan fingerprint density at radius 3 is 2.70 bits per heavy atom. The van der Waals surface area contributed by atoms with Crippen molar-refractivity contribution in [3.63, 3.8) is 0 Å². The van der Waals surface area contributed by atoms with Gasteiger partial charge < -0.3 is 4.74 Å². The van der Waals surface area contributed by atoms with Crippen LogP contribution in [0, 0.1) is 0 Å². The largest absolute Gasteiger partial charge is 0.444 e. The summed E-state index contributed by atoms with van der Waals surface area (Å²) in [6.07, 6.45) is 1.82. The van der Waals surface area contributed by atoms with E-state index in [-0.39, 0.29) is 0 Å². The number of fused-ring (bicyclic) bond motifs is 1. The molecule has 0 atom stereocenters. The summed E-state index contributed by atoms with van der Waals surface area (Å²) in [5, 5.41) is 3.34. The number of anilines is 1. The van der Waals surface area contributed by atoms with Crippen LogP contribution in [0.25, 0.3) is 10.9 Å². The molecule has 0 saturated carbocycles. The molecule has 0 aliphatic carbocycles. The number of pyridine rings is 1. The van der Waals surface area contributed by atoms with Gasteiger partial charge in [-0.3, -0.25) is 15.1 Å². The first kappa shape index (κ1) is 14.0. The number of amides is 1. The van der Waals surface area contributed by atoms with E-state index in [0.717, 1.165) is 6.29 Å². The van der Waals surface area contributed by atoms with Crippen molar-refractivity contribution in [2.24, 2.45) is 0 Å². The standard InChI is InChI=1S/C15H16N2O3/c1-15(2,3)20-14(19)17-12-7-6-10(9-18)11-5-4-8-16-13(11)12/h4-9H,1-3H3,(H,17,19). The summed E-state index contributed by atoms with van der Waals surface area (Å²) in [5.41, 5.74) is 1.03. The zero-order valence-electron chi connectivity index (χ0n) is 11.6. The molecule has 0 aliphatic heterocycles. The predicted octanol–water partition coefficient (Wildman–Crippen LogP) is 3.39. The lowest BCUT2D eigenvalue weighted by atomic mass is 10.1. The molecule has 0 radical (unpaired) electrons. The van der Waals surface area contributed by atoms with Gasteiger partial charge in [0.05, 0.1) is 11.2 Å². The number of ether oxygens (including phenoxy) is 1. The van der Waals surface area contributed by atoms with Crippen molar-refractivity contribution in [1.29, 1.82) is 0 Å². The van der Waals surface area contributed by atoms with E-state index >= 15 is 0 Å². The number of nitrogens with zero attached hydrogens (tertiary/aromatic N) is 1.